The van der Waals surface area contributed by atoms with E-state index in [2.05, 4.69) is 5.32 Å². The van der Waals surface area contributed by atoms with Crippen LogP contribution in [-0.4, -0.2) is 33.5 Å². The van der Waals surface area contributed by atoms with Crippen molar-refractivity contribution in [2.45, 2.75) is 30.2 Å². The summed E-state index contributed by atoms with van der Waals surface area (Å²) in [6.07, 6.45) is 2.98. The zero-order valence-corrected chi connectivity index (χ0v) is 12.0. The molecule has 6 nitrogen and oxygen atoms in total. The van der Waals surface area contributed by atoms with Crippen LogP contribution in [0.1, 0.15) is 18.4 Å². The Morgan fingerprint density at radius 1 is 1.30 bits per heavy atom. The number of benzene rings is 1. The Morgan fingerprint density at radius 2 is 1.95 bits per heavy atom. The number of nitrogens with one attached hydrogen (secondary N) is 1. The van der Waals surface area contributed by atoms with Gasteiger partial charge < -0.3 is 10.6 Å². The van der Waals surface area contributed by atoms with Crippen LogP contribution in [0.25, 0.3) is 0 Å². The van der Waals surface area contributed by atoms with Gasteiger partial charge in [0.1, 0.15) is 0 Å². The minimum absolute atomic E-state index is 0.0806. The quantitative estimate of drug-likeness (QED) is 0.546. The first kappa shape index (κ1) is 15.0. The number of carbonyl (C=O) groups excluding carboxylic acids is 1. The van der Waals surface area contributed by atoms with E-state index in [4.69, 9.17) is 5.14 Å². The summed E-state index contributed by atoms with van der Waals surface area (Å²) >= 11 is 0. The van der Waals surface area contributed by atoms with Gasteiger partial charge >= 0.3 is 0 Å². The Balaban J connectivity index is 1.69. The number of hydrogen-bond acceptors (Lipinski definition) is 3. The van der Waals surface area contributed by atoms with Gasteiger partial charge in [-0.2, -0.15) is 0 Å². The molecule has 1 aromatic carbocycles. The molecule has 1 saturated carbocycles. The Labute approximate surface area is 118 Å². The van der Waals surface area contributed by atoms with Crippen molar-refractivity contribution in [2.24, 2.45) is 5.14 Å². The van der Waals surface area contributed by atoms with Crippen molar-refractivity contribution in [1.29, 1.82) is 0 Å². The molecule has 0 spiro atoms. The van der Waals surface area contributed by atoms with Gasteiger partial charge in [0, 0.05) is 12.5 Å². The Hall–Kier alpha value is -1.44. The molecule has 0 unspecified atom stereocenters. The second-order valence-electron chi connectivity index (χ2n) is 5.06. The summed E-state index contributed by atoms with van der Waals surface area (Å²) in [5.41, 5.74) is 1.02. The highest BCUT2D eigenvalue weighted by Crippen LogP contribution is 2.17. The summed E-state index contributed by atoms with van der Waals surface area (Å²) in [6.45, 7) is 1.22. The Morgan fingerprint density at radius 3 is 2.50 bits per heavy atom. The fraction of sp³-hybridized carbons (Fsp3) is 0.462. The van der Waals surface area contributed by atoms with Gasteiger partial charge in [-0.25, -0.2) is 13.6 Å². The van der Waals surface area contributed by atoms with Crippen LogP contribution in [0.2, 0.25) is 0 Å². The molecule has 0 saturated heterocycles. The molecule has 2 rings (SSSR count). The van der Waals surface area contributed by atoms with Crippen LogP contribution >= 0.6 is 0 Å². The maximum Gasteiger partial charge on any atom is 0.275 e. The van der Waals surface area contributed by atoms with Gasteiger partial charge in [-0.15, -0.1) is 0 Å². The van der Waals surface area contributed by atoms with Crippen molar-refractivity contribution >= 4 is 15.9 Å². The van der Waals surface area contributed by atoms with E-state index >= 15 is 0 Å². The molecule has 0 radical (unpaired) electrons. The minimum Gasteiger partial charge on any atom is -0.348 e. The first-order chi connectivity index (χ1) is 9.45. The van der Waals surface area contributed by atoms with Crippen molar-refractivity contribution in [3.63, 3.8) is 0 Å². The van der Waals surface area contributed by atoms with E-state index in [0.717, 1.165) is 31.4 Å². The minimum atomic E-state index is -3.62. The summed E-state index contributed by atoms with van der Waals surface area (Å²) in [4.78, 5) is 11.6. The lowest BCUT2D eigenvalue weighted by molar-refractivity contribution is -0.643. The predicted octanol–water partition coefficient (Wildman–Crippen LogP) is -1.28. The van der Waals surface area contributed by atoms with Gasteiger partial charge in [-0.1, -0.05) is 12.1 Å². The van der Waals surface area contributed by atoms with Gasteiger partial charge in [0.05, 0.1) is 11.4 Å². The van der Waals surface area contributed by atoms with E-state index < -0.39 is 10.0 Å². The molecule has 0 heterocycles. The lowest BCUT2D eigenvalue weighted by atomic mass is 10.1. The first-order valence-electron chi connectivity index (χ1n) is 6.68. The molecule has 1 aromatic rings. The summed E-state index contributed by atoms with van der Waals surface area (Å²) < 4.78 is 22.2. The fourth-order valence-electron chi connectivity index (χ4n) is 1.86. The third-order valence-electron chi connectivity index (χ3n) is 3.16. The molecular formula is C13H20N3O3S+. The molecule has 1 amide bonds. The van der Waals surface area contributed by atoms with E-state index in [-0.39, 0.29) is 10.8 Å². The molecule has 1 aliphatic carbocycles. The van der Waals surface area contributed by atoms with Crippen LogP contribution in [0, 0.1) is 0 Å². The van der Waals surface area contributed by atoms with Crippen LogP contribution in [-0.2, 0) is 21.2 Å². The normalized spacial score (nSPS) is 15.1. The van der Waals surface area contributed by atoms with Gasteiger partial charge in [0.25, 0.3) is 5.91 Å². The lowest BCUT2D eigenvalue weighted by Crippen LogP contribution is -2.87. The fourth-order valence-corrected chi connectivity index (χ4v) is 2.38. The highest BCUT2D eigenvalue weighted by molar-refractivity contribution is 7.89. The van der Waals surface area contributed by atoms with E-state index in [1.54, 1.807) is 12.1 Å². The van der Waals surface area contributed by atoms with Gasteiger partial charge in [0.2, 0.25) is 10.0 Å². The monoisotopic (exact) mass is 298 g/mol. The molecule has 1 fully saturated rings. The molecule has 5 N–H and O–H groups in total. The highest BCUT2D eigenvalue weighted by Gasteiger charge is 2.23. The number of nitrogens with two attached hydrogens (primary N) is 2. The van der Waals surface area contributed by atoms with E-state index in [1.165, 1.54) is 12.1 Å². The van der Waals surface area contributed by atoms with Crippen molar-refractivity contribution in [2.75, 3.05) is 13.1 Å². The van der Waals surface area contributed by atoms with Crippen LogP contribution in [0.5, 0.6) is 0 Å². The average Bonchev–Trinajstić information content (AvgIpc) is 3.18. The molecule has 7 heteroatoms. The third-order valence-corrected chi connectivity index (χ3v) is 4.09. The van der Waals surface area contributed by atoms with Crippen molar-refractivity contribution in [3.05, 3.63) is 29.8 Å². The number of quaternary nitrogens is 1. The molecule has 0 aromatic heterocycles. The number of rotatable bonds is 7. The maximum atomic E-state index is 11.4. The standard InChI is InChI=1S/C13H19N3O3S/c14-20(18,19)12-5-1-10(2-6-12)7-8-15-9-13(17)16-11-3-4-11/h1-2,5-6,11,15H,3-4,7-9H2,(H,16,17)(H2,14,18,19)/p+1. The molecule has 110 valence electrons. The van der Waals surface area contributed by atoms with E-state index in [1.807, 2.05) is 5.32 Å². The molecule has 20 heavy (non-hydrogen) atoms. The van der Waals surface area contributed by atoms with Crippen molar-refractivity contribution in [1.82, 2.24) is 5.32 Å². The molecule has 0 bridgehead atoms. The number of hydrogen-bond donors (Lipinski definition) is 3. The second-order valence-corrected chi connectivity index (χ2v) is 6.62. The number of sulfonamides is 1. The number of primary sulfonamides is 1. The highest BCUT2D eigenvalue weighted by atomic mass is 32.2. The molecule has 0 atom stereocenters. The summed E-state index contributed by atoms with van der Waals surface area (Å²) in [5, 5.41) is 9.90. The van der Waals surface area contributed by atoms with E-state index in [9.17, 15) is 13.2 Å². The summed E-state index contributed by atoms with van der Waals surface area (Å²) in [5.74, 6) is 0.0806. The van der Waals surface area contributed by atoms with E-state index in [0.29, 0.717) is 12.6 Å². The molecule has 0 aliphatic heterocycles. The smallest absolute Gasteiger partial charge is 0.275 e. The van der Waals surface area contributed by atoms with Crippen LogP contribution in [0.3, 0.4) is 0 Å². The lowest BCUT2D eigenvalue weighted by Gasteiger charge is -2.04. The van der Waals surface area contributed by atoms with Crippen molar-refractivity contribution in [3.8, 4) is 0 Å². The Kier molecular flexibility index (Phi) is 4.74. The SMILES string of the molecule is NS(=O)(=O)c1ccc(CC[NH2+]CC(=O)NC2CC2)cc1. The number of carbonyl (C=O) groups is 1. The zero-order valence-electron chi connectivity index (χ0n) is 11.2. The van der Waals surface area contributed by atoms with Crippen molar-refractivity contribution < 1.29 is 18.5 Å². The van der Waals surface area contributed by atoms with Gasteiger partial charge in [0.15, 0.2) is 6.54 Å². The molecule has 1 aliphatic rings. The van der Waals surface area contributed by atoms with Crippen LogP contribution in [0.4, 0.5) is 0 Å². The maximum absolute atomic E-state index is 11.4. The van der Waals surface area contributed by atoms with Crippen LogP contribution in [0.15, 0.2) is 29.2 Å². The Bertz CT molecular complexity index is 565. The summed E-state index contributed by atoms with van der Waals surface area (Å²) in [7, 11) is -3.62. The third kappa shape index (κ3) is 4.92. The largest absolute Gasteiger partial charge is 0.348 e. The topological polar surface area (TPSA) is 106 Å². The van der Waals surface area contributed by atoms with Gasteiger partial charge in [-0.05, 0) is 30.5 Å². The summed E-state index contributed by atoms with van der Waals surface area (Å²) in [6, 6.07) is 6.91. The van der Waals surface area contributed by atoms with Gasteiger partial charge in [-0.3, -0.25) is 4.79 Å². The van der Waals surface area contributed by atoms with Crippen LogP contribution < -0.4 is 15.8 Å². The first-order valence-corrected chi connectivity index (χ1v) is 8.22. The predicted molar refractivity (Wildman–Crippen MR) is 74.3 cm³/mol. The molecular weight excluding hydrogens is 278 g/mol. The number of amides is 1. The average molecular weight is 298 g/mol. The second kappa shape index (κ2) is 6.34. The zero-order chi connectivity index (χ0) is 14.6.